The van der Waals surface area contributed by atoms with Gasteiger partial charge in [-0.3, -0.25) is 0 Å². The summed E-state index contributed by atoms with van der Waals surface area (Å²) < 4.78 is 6.25. The molecular weight excluding hydrogens is 234 g/mol. The Balaban J connectivity index is 1.67. The van der Waals surface area contributed by atoms with E-state index in [1.54, 1.807) is 0 Å². The van der Waals surface area contributed by atoms with Crippen LogP contribution in [-0.2, 0) is 4.74 Å². The molecule has 0 aromatic heterocycles. The molecule has 0 aromatic rings. The summed E-state index contributed by atoms with van der Waals surface area (Å²) in [6, 6.07) is 0.622. The van der Waals surface area contributed by atoms with E-state index in [4.69, 9.17) is 4.74 Å². The van der Waals surface area contributed by atoms with Gasteiger partial charge in [0.1, 0.15) is 0 Å². The highest BCUT2D eigenvalue weighted by Crippen LogP contribution is 2.44. The van der Waals surface area contributed by atoms with Crippen molar-refractivity contribution >= 4 is 0 Å². The number of hydrogen-bond acceptors (Lipinski definition) is 2. The lowest BCUT2D eigenvalue weighted by Gasteiger charge is -2.50. The Bertz CT molecular complexity index is 319. The van der Waals surface area contributed by atoms with Gasteiger partial charge >= 0.3 is 0 Å². The number of rotatable bonds is 2. The molecule has 110 valence electrons. The summed E-state index contributed by atoms with van der Waals surface area (Å²) in [6.45, 7) is 8.21. The van der Waals surface area contributed by atoms with E-state index in [1.165, 1.54) is 51.4 Å². The molecule has 3 unspecified atom stereocenters. The Hall–Kier alpha value is -0.0800. The van der Waals surface area contributed by atoms with Gasteiger partial charge in [-0.2, -0.15) is 0 Å². The van der Waals surface area contributed by atoms with Crippen LogP contribution in [0.1, 0.15) is 72.1 Å². The molecule has 2 saturated carbocycles. The quantitative estimate of drug-likeness (QED) is 0.818. The van der Waals surface area contributed by atoms with Crippen LogP contribution in [0.15, 0.2) is 0 Å². The molecule has 2 heteroatoms. The highest BCUT2D eigenvalue weighted by Gasteiger charge is 2.46. The summed E-state index contributed by atoms with van der Waals surface area (Å²) in [7, 11) is 0. The molecule has 0 amide bonds. The van der Waals surface area contributed by atoms with Crippen LogP contribution in [0.2, 0.25) is 0 Å². The lowest BCUT2D eigenvalue weighted by Crippen LogP contribution is -2.63. The van der Waals surface area contributed by atoms with Crippen LogP contribution in [0.4, 0.5) is 0 Å². The molecule has 1 saturated heterocycles. The lowest BCUT2D eigenvalue weighted by molar-refractivity contribution is -0.0930. The Kier molecular flexibility index (Phi) is 3.68. The van der Waals surface area contributed by atoms with Gasteiger partial charge in [-0.25, -0.2) is 0 Å². The van der Waals surface area contributed by atoms with Crippen molar-refractivity contribution in [3.8, 4) is 0 Å². The van der Waals surface area contributed by atoms with Gasteiger partial charge in [0.25, 0.3) is 0 Å². The summed E-state index contributed by atoms with van der Waals surface area (Å²) in [5.74, 6) is 0.867. The summed E-state index contributed by atoms with van der Waals surface area (Å²) >= 11 is 0. The Morgan fingerprint density at radius 1 is 1.21 bits per heavy atom. The topological polar surface area (TPSA) is 21.3 Å². The van der Waals surface area contributed by atoms with Gasteiger partial charge in [-0.05, 0) is 43.4 Å². The minimum atomic E-state index is 0.347. The van der Waals surface area contributed by atoms with Crippen molar-refractivity contribution in [2.45, 2.75) is 89.8 Å². The molecule has 3 fully saturated rings. The first-order valence-electron chi connectivity index (χ1n) is 8.44. The van der Waals surface area contributed by atoms with Gasteiger partial charge < -0.3 is 10.1 Å². The van der Waals surface area contributed by atoms with Crippen LogP contribution in [0.3, 0.4) is 0 Å². The van der Waals surface area contributed by atoms with Crippen molar-refractivity contribution in [2.24, 2.45) is 11.3 Å². The molecule has 2 nitrogen and oxygen atoms in total. The Morgan fingerprint density at radius 3 is 2.63 bits per heavy atom. The second-order valence-electron chi connectivity index (χ2n) is 7.94. The third kappa shape index (κ3) is 2.58. The maximum Gasteiger partial charge on any atom is 0.0729 e. The second kappa shape index (κ2) is 5.04. The van der Waals surface area contributed by atoms with E-state index in [0.717, 1.165) is 12.5 Å². The standard InChI is InChI=1S/C17H31NO/c1-4-16(2,3)13-7-8-15-14(11-13)18-17(12-19-15)9-5-6-10-17/h13-15,18H,4-12H2,1-3H3. The number of morpholine rings is 1. The van der Waals surface area contributed by atoms with E-state index >= 15 is 0 Å². The zero-order valence-electron chi connectivity index (χ0n) is 13.0. The van der Waals surface area contributed by atoms with Gasteiger partial charge in [-0.15, -0.1) is 0 Å². The SMILES string of the molecule is CCC(C)(C)C1CCC2OCC3(CCCC3)NC2C1. The molecule has 3 atom stereocenters. The van der Waals surface area contributed by atoms with Crippen molar-refractivity contribution < 1.29 is 4.74 Å². The number of ether oxygens (including phenoxy) is 1. The third-order valence-corrected chi connectivity index (χ3v) is 6.43. The van der Waals surface area contributed by atoms with Crippen LogP contribution in [-0.4, -0.2) is 24.3 Å². The van der Waals surface area contributed by atoms with Crippen molar-refractivity contribution in [1.82, 2.24) is 5.32 Å². The molecule has 3 rings (SSSR count). The maximum absolute atomic E-state index is 6.25. The van der Waals surface area contributed by atoms with E-state index in [9.17, 15) is 0 Å². The lowest BCUT2D eigenvalue weighted by atomic mass is 9.67. The predicted octanol–water partition coefficient (Wildman–Crippen LogP) is 3.89. The van der Waals surface area contributed by atoms with Gasteiger partial charge in [0.15, 0.2) is 0 Å². The van der Waals surface area contributed by atoms with E-state index in [1.807, 2.05) is 0 Å². The Labute approximate surface area is 118 Å². The van der Waals surface area contributed by atoms with Gasteiger partial charge in [-0.1, -0.05) is 40.0 Å². The van der Waals surface area contributed by atoms with Gasteiger partial charge in [0.05, 0.1) is 12.7 Å². The number of nitrogens with one attached hydrogen (secondary N) is 1. The molecule has 0 radical (unpaired) electrons. The van der Waals surface area contributed by atoms with Crippen molar-refractivity contribution in [3.05, 3.63) is 0 Å². The molecule has 19 heavy (non-hydrogen) atoms. The molecule has 1 N–H and O–H groups in total. The maximum atomic E-state index is 6.25. The molecule has 3 aliphatic rings. The highest BCUT2D eigenvalue weighted by molar-refractivity contribution is 5.03. The first-order chi connectivity index (χ1) is 9.05. The zero-order valence-corrected chi connectivity index (χ0v) is 13.0. The molecule has 0 bridgehead atoms. The van der Waals surface area contributed by atoms with Crippen LogP contribution in [0.25, 0.3) is 0 Å². The highest BCUT2D eigenvalue weighted by atomic mass is 16.5. The fourth-order valence-corrected chi connectivity index (χ4v) is 4.53. The van der Waals surface area contributed by atoms with E-state index in [2.05, 4.69) is 26.1 Å². The van der Waals surface area contributed by atoms with E-state index in [-0.39, 0.29) is 0 Å². The summed E-state index contributed by atoms with van der Waals surface area (Å²) in [5.41, 5.74) is 0.840. The van der Waals surface area contributed by atoms with Crippen molar-refractivity contribution in [2.75, 3.05) is 6.61 Å². The fourth-order valence-electron chi connectivity index (χ4n) is 4.53. The monoisotopic (exact) mass is 265 g/mol. The number of hydrogen-bond donors (Lipinski definition) is 1. The third-order valence-electron chi connectivity index (χ3n) is 6.43. The molecule has 1 aliphatic heterocycles. The number of fused-ring (bicyclic) bond motifs is 1. The molecular formula is C17H31NO. The van der Waals surface area contributed by atoms with Crippen LogP contribution >= 0.6 is 0 Å². The summed E-state index contributed by atoms with van der Waals surface area (Å²) in [5, 5.41) is 4.03. The van der Waals surface area contributed by atoms with E-state index in [0.29, 0.717) is 23.1 Å². The van der Waals surface area contributed by atoms with Crippen LogP contribution in [0, 0.1) is 11.3 Å². The first-order valence-corrected chi connectivity index (χ1v) is 8.44. The molecule has 1 spiro atoms. The van der Waals surface area contributed by atoms with Crippen molar-refractivity contribution in [3.63, 3.8) is 0 Å². The first kappa shape index (κ1) is 13.9. The zero-order chi connectivity index (χ0) is 13.5. The average molecular weight is 265 g/mol. The van der Waals surface area contributed by atoms with Crippen LogP contribution < -0.4 is 5.32 Å². The average Bonchev–Trinajstić information content (AvgIpc) is 2.86. The molecule has 2 aliphatic carbocycles. The van der Waals surface area contributed by atoms with Crippen LogP contribution in [0.5, 0.6) is 0 Å². The van der Waals surface area contributed by atoms with Gasteiger partial charge in [0.2, 0.25) is 0 Å². The minimum Gasteiger partial charge on any atom is -0.375 e. The van der Waals surface area contributed by atoms with Gasteiger partial charge in [0, 0.05) is 11.6 Å². The largest absolute Gasteiger partial charge is 0.375 e. The smallest absolute Gasteiger partial charge is 0.0729 e. The Morgan fingerprint density at radius 2 is 1.95 bits per heavy atom. The van der Waals surface area contributed by atoms with E-state index < -0.39 is 0 Å². The summed E-state index contributed by atoms with van der Waals surface area (Å²) in [6.07, 6.45) is 11.2. The fraction of sp³-hybridized carbons (Fsp3) is 1.00. The molecule has 0 aromatic carbocycles. The predicted molar refractivity (Wildman–Crippen MR) is 79.3 cm³/mol. The molecule has 1 heterocycles. The second-order valence-corrected chi connectivity index (χ2v) is 7.94. The summed E-state index contributed by atoms with van der Waals surface area (Å²) in [4.78, 5) is 0. The van der Waals surface area contributed by atoms with Crippen molar-refractivity contribution in [1.29, 1.82) is 0 Å². The minimum absolute atomic E-state index is 0.347. The normalized spacial score (nSPS) is 38.4.